The predicted octanol–water partition coefficient (Wildman–Crippen LogP) is 4.08. The lowest BCUT2D eigenvalue weighted by Gasteiger charge is -2.08. The Morgan fingerprint density at radius 2 is 1.52 bits per heavy atom. The summed E-state index contributed by atoms with van der Waals surface area (Å²) < 4.78 is 52.0. The highest BCUT2D eigenvalue weighted by atomic mass is 32.2. The van der Waals surface area contributed by atoms with Crippen LogP contribution in [0.25, 0.3) is 0 Å². The molecule has 0 atom stereocenters. The summed E-state index contributed by atoms with van der Waals surface area (Å²) in [5.74, 6) is -1.20. The second-order valence-corrected chi connectivity index (χ2v) is 8.14. The van der Waals surface area contributed by atoms with E-state index in [1.165, 1.54) is 36.4 Å². The minimum atomic E-state index is -3.68. The van der Waals surface area contributed by atoms with E-state index in [2.05, 4.69) is 0 Å². The number of sulfone groups is 1. The molecule has 0 aliphatic rings. The quantitative estimate of drug-likeness (QED) is 0.692. The SMILES string of the molecule is O=S(=O)(c1ccc(CCc2ccc(F)cc2F)cc1)c1cccc(CO)c1. The van der Waals surface area contributed by atoms with Crippen molar-refractivity contribution >= 4 is 9.84 Å². The van der Waals surface area contributed by atoms with Crippen LogP contribution in [0.15, 0.2) is 76.5 Å². The average Bonchev–Trinajstić information content (AvgIpc) is 2.67. The third kappa shape index (κ3) is 4.40. The fourth-order valence-electron chi connectivity index (χ4n) is 2.79. The molecule has 0 spiro atoms. The lowest BCUT2D eigenvalue weighted by molar-refractivity contribution is 0.281. The van der Waals surface area contributed by atoms with Gasteiger partial charge in [-0.25, -0.2) is 17.2 Å². The molecule has 0 heterocycles. The predicted molar refractivity (Wildman–Crippen MR) is 98.0 cm³/mol. The standard InChI is InChI=1S/C21H18F2O3S/c22-18-9-8-17(21(23)13-18)7-4-15-5-10-19(11-6-15)27(25,26)20-3-1-2-16(12-20)14-24/h1-3,5-6,8-13,24H,4,7,14H2. The Kier molecular flexibility index (Phi) is 5.68. The highest BCUT2D eigenvalue weighted by molar-refractivity contribution is 7.91. The van der Waals surface area contributed by atoms with Crippen molar-refractivity contribution in [1.82, 2.24) is 0 Å². The van der Waals surface area contributed by atoms with Gasteiger partial charge in [0.25, 0.3) is 0 Å². The van der Waals surface area contributed by atoms with E-state index in [4.69, 9.17) is 0 Å². The topological polar surface area (TPSA) is 54.4 Å². The monoisotopic (exact) mass is 388 g/mol. The number of hydrogen-bond acceptors (Lipinski definition) is 3. The highest BCUT2D eigenvalue weighted by Crippen LogP contribution is 2.23. The zero-order valence-electron chi connectivity index (χ0n) is 14.4. The van der Waals surface area contributed by atoms with Crippen LogP contribution in [-0.2, 0) is 29.3 Å². The summed E-state index contributed by atoms with van der Waals surface area (Å²) in [7, 11) is -3.68. The van der Waals surface area contributed by atoms with Gasteiger partial charge in [-0.1, -0.05) is 30.3 Å². The maximum Gasteiger partial charge on any atom is 0.206 e. The Labute approximate surface area is 156 Å². The number of aliphatic hydroxyl groups is 1. The van der Waals surface area contributed by atoms with Crippen molar-refractivity contribution in [2.45, 2.75) is 29.2 Å². The molecule has 0 fully saturated rings. The first-order valence-electron chi connectivity index (χ1n) is 8.38. The van der Waals surface area contributed by atoms with Gasteiger partial charge in [-0.2, -0.15) is 0 Å². The maximum absolute atomic E-state index is 13.7. The lowest BCUT2D eigenvalue weighted by atomic mass is 10.0. The first kappa shape index (κ1) is 19.2. The minimum absolute atomic E-state index is 0.121. The van der Waals surface area contributed by atoms with Crippen LogP contribution in [0.2, 0.25) is 0 Å². The summed E-state index contributed by atoms with van der Waals surface area (Å²) in [5.41, 5.74) is 1.78. The fraction of sp³-hybridized carbons (Fsp3) is 0.143. The number of hydrogen-bond donors (Lipinski definition) is 1. The molecule has 0 saturated heterocycles. The fourth-order valence-corrected chi connectivity index (χ4v) is 4.12. The Morgan fingerprint density at radius 1 is 0.778 bits per heavy atom. The van der Waals surface area contributed by atoms with E-state index in [9.17, 15) is 22.3 Å². The van der Waals surface area contributed by atoms with Crippen molar-refractivity contribution in [1.29, 1.82) is 0 Å². The number of halogens is 2. The van der Waals surface area contributed by atoms with Gasteiger partial charge in [0.05, 0.1) is 16.4 Å². The van der Waals surface area contributed by atoms with Gasteiger partial charge in [-0.3, -0.25) is 0 Å². The molecule has 0 aliphatic heterocycles. The van der Waals surface area contributed by atoms with Crippen molar-refractivity contribution < 1.29 is 22.3 Å². The van der Waals surface area contributed by atoms with E-state index in [0.29, 0.717) is 24.0 Å². The molecule has 3 rings (SSSR count). The zero-order valence-corrected chi connectivity index (χ0v) is 15.2. The molecule has 27 heavy (non-hydrogen) atoms. The molecular weight excluding hydrogens is 370 g/mol. The van der Waals surface area contributed by atoms with Gasteiger partial charge in [0, 0.05) is 6.07 Å². The first-order valence-corrected chi connectivity index (χ1v) is 9.86. The molecule has 3 aromatic carbocycles. The summed E-state index contributed by atoms with van der Waals surface area (Å²) in [6, 6.07) is 16.0. The first-order chi connectivity index (χ1) is 12.9. The molecule has 0 aliphatic carbocycles. The van der Waals surface area contributed by atoms with Crippen molar-refractivity contribution in [3.05, 3.63) is 95.1 Å². The van der Waals surface area contributed by atoms with Crippen LogP contribution in [0.1, 0.15) is 16.7 Å². The molecule has 1 N–H and O–H groups in total. The molecular formula is C21H18F2O3S. The molecule has 0 radical (unpaired) electrons. The van der Waals surface area contributed by atoms with E-state index in [1.807, 2.05) is 0 Å². The van der Waals surface area contributed by atoms with E-state index in [-0.39, 0.29) is 16.4 Å². The zero-order chi connectivity index (χ0) is 19.4. The van der Waals surface area contributed by atoms with Gasteiger partial charge >= 0.3 is 0 Å². The van der Waals surface area contributed by atoms with Crippen molar-refractivity contribution in [3.8, 4) is 0 Å². The van der Waals surface area contributed by atoms with Gasteiger partial charge in [-0.15, -0.1) is 0 Å². The lowest BCUT2D eigenvalue weighted by Crippen LogP contribution is -2.03. The maximum atomic E-state index is 13.7. The molecule has 0 amide bonds. The van der Waals surface area contributed by atoms with E-state index in [1.54, 1.807) is 24.3 Å². The van der Waals surface area contributed by atoms with Crippen LogP contribution in [0.4, 0.5) is 8.78 Å². The van der Waals surface area contributed by atoms with Crippen molar-refractivity contribution in [2.75, 3.05) is 0 Å². The van der Waals surface area contributed by atoms with Gasteiger partial charge in [-0.05, 0) is 59.9 Å². The van der Waals surface area contributed by atoms with Crippen LogP contribution in [-0.4, -0.2) is 13.5 Å². The number of benzene rings is 3. The summed E-state index contributed by atoms with van der Waals surface area (Å²) in [5, 5.41) is 9.18. The number of aryl methyl sites for hydroxylation is 2. The minimum Gasteiger partial charge on any atom is -0.392 e. The second-order valence-electron chi connectivity index (χ2n) is 6.19. The van der Waals surface area contributed by atoms with Gasteiger partial charge in [0.15, 0.2) is 0 Å². The Balaban J connectivity index is 1.76. The van der Waals surface area contributed by atoms with E-state index >= 15 is 0 Å². The smallest absolute Gasteiger partial charge is 0.206 e. The van der Waals surface area contributed by atoms with Gasteiger partial charge in [0.1, 0.15) is 11.6 Å². The van der Waals surface area contributed by atoms with Gasteiger partial charge < -0.3 is 5.11 Å². The van der Waals surface area contributed by atoms with E-state index in [0.717, 1.165) is 11.6 Å². The Morgan fingerprint density at radius 3 is 2.19 bits per heavy atom. The summed E-state index contributed by atoms with van der Waals surface area (Å²) in [6.07, 6.45) is 0.889. The number of rotatable bonds is 6. The van der Waals surface area contributed by atoms with Crippen LogP contribution >= 0.6 is 0 Å². The van der Waals surface area contributed by atoms with Crippen molar-refractivity contribution in [3.63, 3.8) is 0 Å². The molecule has 3 nitrogen and oxygen atoms in total. The van der Waals surface area contributed by atoms with Crippen LogP contribution in [0, 0.1) is 11.6 Å². The highest BCUT2D eigenvalue weighted by Gasteiger charge is 2.17. The Hall–Kier alpha value is -2.57. The molecule has 3 aromatic rings. The van der Waals surface area contributed by atoms with E-state index < -0.39 is 21.5 Å². The largest absolute Gasteiger partial charge is 0.392 e. The summed E-state index contributed by atoms with van der Waals surface area (Å²) >= 11 is 0. The summed E-state index contributed by atoms with van der Waals surface area (Å²) in [6.45, 7) is -0.234. The average molecular weight is 388 g/mol. The molecule has 0 unspecified atom stereocenters. The van der Waals surface area contributed by atoms with Crippen molar-refractivity contribution in [2.24, 2.45) is 0 Å². The second kappa shape index (κ2) is 7.98. The molecule has 6 heteroatoms. The molecule has 0 bridgehead atoms. The summed E-state index contributed by atoms with van der Waals surface area (Å²) in [4.78, 5) is 0.268. The van der Waals surface area contributed by atoms with Crippen LogP contribution in [0.5, 0.6) is 0 Å². The van der Waals surface area contributed by atoms with Gasteiger partial charge in [0.2, 0.25) is 9.84 Å². The molecule has 140 valence electrons. The Bertz CT molecular complexity index is 1050. The normalized spacial score (nSPS) is 11.5. The molecule has 0 saturated carbocycles. The number of aliphatic hydroxyl groups excluding tert-OH is 1. The van der Waals surface area contributed by atoms with Crippen LogP contribution in [0.3, 0.4) is 0 Å². The van der Waals surface area contributed by atoms with Crippen LogP contribution < -0.4 is 0 Å². The third-order valence-corrected chi connectivity index (χ3v) is 6.09. The third-order valence-electron chi connectivity index (χ3n) is 4.32. The molecule has 0 aromatic heterocycles.